The molecule has 2 aromatic rings. The fraction of sp³-hybridized carbons (Fsp3) is 0.350. The number of benzene rings is 1. The van der Waals surface area contributed by atoms with Crippen LogP contribution in [-0.2, 0) is 13.1 Å². The molecule has 0 bridgehead atoms. The predicted molar refractivity (Wildman–Crippen MR) is 112 cm³/mol. The lowest BCUT2D eigenvalue weighted by Crippen LogP contribution is -2.42. The molecule has 5 N–H and O–H groups in total. The second-order valence-corrected chi connectivity index (χ2v) is 7.58. The summed E-state index contributed by atoms with van der Waals surface area (Å²) >= 11 is 0. The van der Waals surface area contributed by atoms with E-state index in [0.29, 0.717) is 17.6 Å². The maximum absolute atomic E-state index is 12.4. The van der Waals surface area contributed by atoms with E-state index in [9.17, 15) is 24.9 Å². The summed E-state index contributed by atoms with van der Waals surface area (Å²) < 4.78 is 3.27. The maximum Gasteiger partial charge on any atom is 0.349 e. The number of aliphatic hydroxyl groups excluding tert-OH is 4. The van der Waals surface area contributed by atoms with E-state index in [4.69, 9.17) is 5.11 Å². The van der Waals surface area contributed by atoms with Gasteiger partial charge in [-0.1, -0.05) is 0 Å². The Morgan fingerprint density at radius 3 is 2.59 bits per heavy atom. The number of hydrogen-bond acceptors (Lipinski definition) is 9. The fourth-order valence-corrected chi connectivity index (χ4v) is 3.58. The van der Waals surface area contributed by atoms with Crippen LogP contribution in [0.1, 0.15) is 11.1 Å². The number of aliphatic hydroxyl groups is 4. The molecule has 0 fully saturated rings. The van der Waals surface area contributed by atoms with Crippen molar-refractivity contribution in [3.05, 3.63) is 62.8 Å². The lowest BCUT2D eigenvalue weighted by atomic mass is 10.1. The summed E-state index contributed by atoms with van der Waals surface area (Å²) in [5.74, 6) is -0.0755. The van der Waals surface area contributed by atoms with Gasteiger partial charge in [0.2, 0.25) is 0 Å². The molecule has 2 aliphatic rings. The van der Waals surface area contributed by atoms with Crippen LogP contribution in [0.4, 0.5) is 0 Å². The van der Waals surface area contributed by atoms with Crippen molar-refractivity contribution in [3.63, 3.8) is 0 Å². The van der Waals surface area contributed by atoms with E-state index in [1.165, 1.54) is 4.57 Å². The van der Waals surface area contributed by atoms with Crippen molar-refractivity contribution in [1.82, 2.24) is 29.1 Å². The van der Waals surface area contributed by atoms with Gasteiger partial charge in [-0.15, -0.1) is 0 Å². The molecule has 0 aliphatic carbocycles. The van der Waals surface area contributed by atoms with Gasteiger partial charge in [0.15, 0.2) is 11.5 Å². The van der Waals surface area contributed by atoms with Crippen molar-refractivity contribution in [2.24, 2.45) is 0 Å². The third-order valence-corrected chi connectivity index (χ3v) is 5.32. The summed E-state index contributed by atoms with van der Waals surface area (Å²) in [7, 11) is 0. The Labute approximate surface area is 180 Å². The number of aromatic nitrogens is 6. The van der Waals surface area contributed by atoms with Crippen LogP contribution < -0.4 is 11.2 Å². The van der Waals surface area contributed by atoms with Gasteiger partial charge in [-0.25, -0.2) is 14.8 Å². The zero-order valence-electron chi connectivity index (χ0n) is 17.1. The van der Waals surface area contributed by atoms with E-state index >= 15 is 0 Å². The maximum atomic E-state index is 12.4. The molecule has 12 heteroatoms. The van der Waals surface area contributed by atoms with E-state index in [-0.39, 0.29) is 18.1 Å². The SMILES string of the molecule is Cc1cc2nc3c(=O)[nH]c(=O)nc-3n(CC(O)C(O)C(O)CO)c2cc1Cn1ccnc1. The van der Waals surface area contributed by atoms with Gasteiger partial charge in [-0.2, -0.15) is 4.98 Å². The minimum Gasteiger partial charge on any atom is -0.394 e. The zero-order valence-corrected chi connectivity index (χ0v) is 17.1. The molecular weight excluding hydrogens is 420 g/mol. The molecule has 0 saturated carbocycles. The number of nitrogens with one attached hydrogen (secondary N) is 1. The normalized spacial score (nSPS) is 14.7. The quantitative estimate of drug-likeness (QED) is 0.207. The van der Waals surface area contributed by atoms with E-state index in [1.807, 2.05) is 11.5 Å². The van der Waals surface area contributed by atoms with Crippen LogP contribution in [0.15, 0.2) is 40.4 Å². The van der Waals surface area contributed by atoms with Gasteiger partial charge in [0.25, 0.3) is 5.56 Å². The van der Waals surface area contributed by atoms with E-state index in [1.54, 1.807) is 30.9 Å². The highest BCUT2D eigenvalue weighted by molar-refractivity contribution is 5.81. The monoisotopic (exact) mass is 442 g/mol. The highest BCUT2D eigenvalue weighted by Gasteiger charge is 2.27. The van der Waals surface area contributed by atoms with Gasteiger partial charge in [0.1, 0.15) is 18.3 Å². The van der Waals surface area contributed by atoms with Crippen LogP contribution in [0.3, 0.4) is 0 Å². The zero-order chi connectivity index (χ0) is 23.0. The first-order chi connectivity index (χ1) is 15.3. The minimum absolute atomic E-state index is 0.0755. The molecule has 1 aromatic heterocycles. The van der Waals surface area contributed by atoms with E-state index in [2.05, 4.69) is 19.9 Å². The van der Waals surface area contributed by atoms with Crippen LogP contribution in [0.5, 0.6) is 0 Å². The van der Waals surface area contributed by atoms with Crippen molar-refractivity contribution < 1.29 is 20.4 Å². The Bertz CT molecular complexity index is 1330. The topological polar surface area (TPSA) is 179 Å². The first-order valence-corrected chi connectivity index (χ1v) is 9.83. The molecule has 4 rings (SSSR count). The standard InChI is InChI=1S/C20H22N6O6/c1-10-4-12-13(5-11(10)6-25-3-2-21-9-25)26(7-14(28)17(30)15(29)8-27)18-16(22-12)19(31)24-20(32)23-18/h2-5,9,14-15,17,27-30H,6-8H2,1H3,(H,24,31,32). The van der Waals surface area contributed by atoms with Crippen LogP contribution in [0.25, 0.3) is 22.6 Å². The molecule has 0 amide bonds. The molecule has 3 heterocycles. The lowest BCUT2D eigenvalue weighted by molar-refractivity contribution is -0.0802. The molecule has 0 spiro atoms. The molecule has 1 aromatic carbocycles. The van der Waals surface area contributed by atoms with Gasteiger partial charge < -0.3 is 29.6 Å². The second kappa shape index (κ2) is 8.59. The predicted octanol–water partition coefficient (Wildman–Crippen LogP) is -1.79. The Hall–Kier alpha value is -3.45. The third kappa shape index (κ3) is 4.03. The number of aromatic amines is 1. The highest BCUT2D eigenvalue weighted by Crippen LogP contribution is 2.25. The average Bonchev–Trinajstić information content (AvgIpc) is 3.27. The fourth-order valence-electron chi connectivity index (χ4n) is 3.58. The summed E-state index contributed by atoms with van der Waals surface area (Å²) in [5.41, 5.74) is 0.937. The van der Waals surface area contributed by atoms with Gasteiger partial charge in [0, 0.05) is 18.9 Å². The van der Waals surface area contributed by atoms with E-state index < -0.39 is 36.2 Å². The largest absolute Gasteiger partial charge is 0.394 e. The van der Waals surface area contributed by atoms with Crippen molar-refractivity contribution in [1.29, 1.82) is 0 Å². The highest BCUT2D eigenvalue weighted by atomic mass is 16.4. The molecule has 0 saturated heterocycles. The number of hydrogen-bond donors (Lipinski definition) is 5. The molecule has 12 nitrogen and oxygen atoms in total. The van der Waals surface area contributed by atoms with Gasteiger partial charge in [-0.05, 0) is 30.2 Å². The second-order valence-electron chi connectivity index (χ2n) is 7.58. The van der Waals surface area contributed by atoms with Crippen LogP contribution in [0.2, 0.25) is 0 Å². The molecule has 168 valence electrons. The summed E-state index contributed by atoms with van der Waals surface area (Å²) in [4.78, 5) is 38.6. The van der Waals surface area contributed by atoms with Crippen molar-refractivity contribution in [2.45, 2.75) is 38.3 Å². The Morgan fingerprint density at radius 2 is 1.91 bits per heavy atom. The average molecular weight is 442 g/mol. The van der Waals surface area contributed by atoms with Crippen LogP contribution in [-0.4, -0.2) is 74.4 Å². The van der Waals surface area contributed by atoms with Crippen molar-refractivity contribution >= 4 is 11.0 Å². The Balaban J connectivity index is 1.93. The molecule has 2 aliphatic heterocycles. The number of H-pyrrole nitrogens is 1. The molecule has 32 heavy (non-hydrogen) atoms. The van der Waals surface area contributed by atoms with Crippen molar-refractivity contribution in [2.75, 3.05) is 6.61 Å². The molecule has 3 atom stereocenters. The smallest absolute Gasteiger partial charge is 0.349 e. The Kier molecular flexibility index (Phi) is 5.84. The number of nitrogens with zero attached hydrogens (tertiary/aromatic N) is 5. The molecule has 0 radical (unpaired) electrons. The van der Waals surface area contributed by atoms with E-state index in [0.717, 1.165) is 11.1 Å². The summed E-state index contributed by atoms with van der Waals surface area (Å²) in [5, 5.41) is 39.4. The summed E-state index contributed by atoms with van der Waals surface area (Å²) in [6, 6.07) is 3.57. The van der Waals surface area contributed by atoms with Crippen molar-refractivity contribution in [3.8, 4) is 11.5 Å². The van der Waals surface area contributed by atoms with Crippen LogP contribution >= 0.6 is 0 Å². The molecular formula is C20H22N6O6. The van der Waals surface area contributed by atoms with Gasteiger partial charge in [0.05, 0.1) is 30.5 Å². The Morgan fingerprint density at radius 1 is 1.12 bits per heavy atom. The minimum atomic E-state index is -1.67. The number of fused-ring (bicyclic) bond motifs is 2. The van der Waals surface area contributed by atoms with Gasteiger partial charge >= 0.3 is 5.69 Å². The first kappa shape index (κ1) is 21.8. The molecule has 3 unspecified atom stereocenters. The number of imidazole rings is 1. The number of aryl methyl sites for hydroxylation is 1. The van der Waals surface area contributed by atoms with Crippen LogP contribution in [0, 0.1) is 6.92 Å². The lowest BCUT2D eigenvalue weighted by Gasteiger charge is -2.25. The first-order valence-electron chi connectivity index (χ1n) is 9.83. The summed E-state index contributed by atoms with van der Waals surface area (Å²) in [6.07, 6.45) is 0.341. The van der Waals surface area contributed by atoms with Gasteiger partial charge in [-0.3, -0.25) is 9.78 Å². The third-order valence-electron chi connectivity index (χ3n) is 5.32. The summed E-state index contributed by atoms with van der Waals surface area (Å²) in [6.45, 7) is 1.31. The number of rotatable bonds is 7.